The number of rotatable bonds is 9. The lowest BCUT2D eigenvalue weighted by Crippen LogP contribution is -2.34. The molecule has 34 heavy (non-hydrogen) atoms. The van der Waals surface area contributed by atoms with Crippen molar-refractivity contribution in [3.63, 3.8) is 0 Å². The number of hydroxylamine groups is 1. The summed E-state index contributed by atoms with van der Waals surface area (Å²) in [6.45, 7) is 3.07. The fraction of sp³-hybridized carbons (Fsp3) is 0.167. The highest BCUT2D eigenvalue weighted by Gasteiger charge is 2.30. The molecule has 0 heterocycles. The fourth-order valence-electron chi connectivity index (χ4n) is 3.55. The van der Waals surface area contributed by atoms with E-state index in [9.17, 15) is 23.2 Å². The van der Waals surface area contributed by atoms with E-state index in [0.29, 0.717) is 11.1 Å². The first-order valence-corrected chi connectivity index (χ1v) is 11.7. The van der Waals surface area contributed by atoms with E-state index in [4.69, 9.17) is 10.5 Å². The van der Waals surface area contributed by atoms with E-state index < -0.39 is 21.8 Å². The lowest BCUT2D eigenvalue weighted by Gasteiger charge is -2.28. The Balaban J connectivity index is 2.14. The Morgan fingerprint density at radius 2 is 1.68 bits per heavy atom. The van der Waals surface area contributed by atoms with E-state index in [1.165, 1.54) is 30.3 Å². The number of nitrogens with two attached hydrogens (primary N) is 1. The molecule has 2 amide bonds. The number of hydrogen-bond acceptors (Lipinski definition) is 6. The molecule has 3 rings (SSSR count). The van der Waals surface area contributed by atoms with Crippen LogP contribution in [0.3, 0.4) is 0 Å². The quantitative estimate of drug-likeness (QED) is 0.316. The summed E-state index contributed by atoms with van der Waals surface area (Å²) in [4.78, 5) is 23.4. The number of amides is 2. The zero-order valence-electron chi connectivity index (χ0n) is 18.7. The Labute approximate surface area is 197 Å². The predicted molar refractivity (Wildman–Crippen MR) is 126 cm³/mol. The van der Waals surface area contributed by atoms with Crippen LogP contribution in [-0.2, 0) is 21.4 Å². The molecule has 0 saturated heterocycles. The van der Waals surface area contributed by atoms with Gasteiger partial charge < -0.3 is 10.5 Å². The first-order valence-electron chi connectivity index (χ1n) is 10.3. The van der Waals surface area contributed by atoms with Gasteiger partial charge in [-0.2, -0.15) is 0 Å². The lowest BCUT2D eigenvalue weighted by molar-refractivity contribution is -0.119. The van der Waals surface area contributed by atoms with E-state index in [1.807, 2.05) is 6.07 Å². The second kappa shape index (κ2) is 10.4. The van der Waals surface area contributed by atoms with Crippen LogP contribution in [0.1, 0.15) is 27.0 Å². The number of nitrogens with zero attached hydrogens (tertiary/aromatic N) is 1. The third-order valence-corrected chi connectivity index (χ3v) is 6.76. The molecule has 0 atom stereocenters. The van der Waals surface area contributed by atoms with Gasteiger partial charge in [0.05, 0.1) is 22.7 Å². The van der Waals surface area contributed by atoms with Crippen LogP contribution in [0.15, 0.2) is 71.6 Å². The lowest BCUT2D eigenvalue weighted by atomic mass is 10.0. The highest BCUT2D eigenvalue weighted by atomic mass is 32.2. The molecule has 0 aromatic heterocycles. The summed E-state index contributed by atoms with van der Waals surface area (Å²) in [5.41, 5.74) is 8.81. The molecule has 10 heteroatoms. The average molecular weight is 484 g/mol. The molecule has 3 aromatic rings. The van der Waals surface area contributed by atoms with Crippen molar-refractivity contribution in [2.75, 3.05) is 10.9 Å². The van der Waals surface area contributed by atoms with Gasteiger partial charge >= 0.3 is 0 Å². The fourth-order valence-corrected chi connectivity index (χ4v) is 5.08. The monoisotopic (exact) mass is 483 g/mol. The minimum atomic E-state index is -4.18. The van der Waals surface area contributed by atoms with E-state index in [-0.39, 0.29) is 35.0 Å². The van der Waals surface area contributed by atoms with Gasteiger partial charge in [0.1, 0.15) is 5.75 Å². The van der Waals surface area contributed by atoms with Gasteiger partial charge in [0, 0.05) is 0 Å². The molecule has 0 saturated carbocycles. The third kappa shape index (κ3) is 5.53. The van der Waals surface area contributed by atoms with Crippen molar-refractivity contribution in [2.24, 2.45) is 5.73 Å². The topological polar surface area (TPSA) is 139 Å². The number of anilines is 1. The number of ether oxygens (including phenoxy) is 1. The zero-order chi connectivity index (χ0) is 24.9. The third-order valence-electron chi connectivity index (χ3n) is 5.00. The van der Waals surface area contributed by atoms with Gasteiger partial charge in [0.25, 0.3) is 21.8 Å². The highest BCUT2D eigenvalue weighted by molar-refractivity contribution is 7.92. The second-order valence-corrected chi connectivity index (χ2v) is 9.50. The van der Waals surface area contributed by atoms with E-state index in [0.717, 1.165) is 9.87 Å². The number of primary amides is 1. The number of benzene rings is 3. The number of carbonyl (C=O) groups excluding carboxylic acids is 2. The van der Waals surface area contributed by atoms with Crippen LogP contribution in [-0.4, -0.2) is 32.0 Å². The first-order chi connectivity index (χ1) is 16.1. The van der Waals surface area contributed by atoms with E-state index in [2.05, 4.69) is 0 Å². The van der Waals surface area contributed by atoms with Crippen molar-refractivity contribution < 1.29 is 28.0 Å². The molecule has 0 unspecified atom stereocenters. The summed E-state index contributed by atoms with van der Waals surface area (Å²) >= 11 is 0. The minimum absolute atomic E-state index is 0.0147. The van der Waals surface area contributed by atoms with Gasteiger partial charge in [0.2, 0.25) is 0 Å². The number of aryl methyl sites for hydroxylation is 2. The first kappa shape index (κ1) is 24.7. The Hall–Kier alpha value is -3.89. The van der Waals surface area contributed by atoms with Gasteiger partial charge in [0.15, 0.2) is 6.61 Å². The van der Waals surface area contributed by atoms with Crippen LogP contribution in [0.5, 0.6) is 5.75 Å². The maximum Gasteiger partial charge on any atom is 0.276 e. The van der Waals surface area contributed by atoms with Crippen molar-refractivity contribution >= 4 is 27.5 Å². The van der Waals surface area contributed by atoms with Gasteiger partial charge in [-0.3, -0.25) is 19.1 Å². The molecule has 178 valence electrons. The largest absolute Gasteiger partial charge is 0.484 e. The summed E-state index contributed by atoms with van der Waals surface area (Å²) in [6, 6.07) is 17.7. The molecule has 0 aliphatic heterocycles. The van der Waals surface area contributed by atoms with Crippen molar-refractivity contribution in [1.82, 2.24) is 5.48 Å². The Morgan fingerprint density at radius 1 is 1.03 bits per heavy atom. The van der Waals surface area contributed by atoms with Crippen LogP contribution in [0, 0.1) is 13.8 Å². The Morgan fingerprint density at radius 3 is 2.26 bits per heavy atom. The molecular weight excluding hydrogens is 458 g/mol. The van der Waals surface area contributed by atoms with E-state index in [1.54, 1.807) is 49.7 Å². The summed E-state index contributed by atoms with van der Waals surface area (Å²) in [5, 5.41) is 9.29. The molecule has 0 fully saturated rings. The molecular formula is C24H25N3O6S. The Bertz CT molecular complexity index is 1290. The molecule has 0 bridgehead atoms. The number of hydrogen-bond donors (Lipinski definition) is 3. The molecule has 0 aliphatic carbocycles. The van der Waals surface area contributed by atoms with Crippen molar-refractivity contribution in [3.05, 3.63) is 89.0 Å². The van der Waals surface area contributed by atoms with Crippen LogP contribution < -0.4 is 20.3 Å². The molecule has 0 spiro atoms. The molecule has 9 nitrogen and oxygen atoms in total. The van der Waals surface area contributed by atoms with E-state index >= 15 is 0 Å². The van der Waals surface area contributed by atoms with Crippen molar-refractivity contribution in [2.45, 2.75) is 25.3 Å². The predicted octanol–water partition coefficient (Wildman–Crippen LogP) is 2.68. The molecule has 0 aliphatic rings. The molecule has 4 N–H and O–H groups in total. The number of sulfonamides is 1. The summed E-state index contributed by atoms with van der Waals surface area (Å²) in [6.07, 6.45) is 0. The smallest absolute Gasteiger partial charge is 0.276 e. The number of nitrogens with one attached hydrogen (secondary N) is 1. The van der Waals surface area contributed by atoms with Gasteiger partial charge in [-0.05, 0) is 60.9 Å². The van der Waals surface area contributed by atoms with Crippen molar-refractivity contribution in [1.29, 1.82) is 0 Å². The summed E-state index contributed by atoms with van der Waals surface area (Å²) < 4.78 is 34.0. The van der Waals surface area contributed by atoms with Gasteiger partial charge in [-0.15, -0.1) is 0 Å². The minimum Gasteiger partial charge on any atom is -0.484 e. The normalized spacial score (nSPS) is 11.0. The zero-order valence-corrected chi connectivity index (χ0v) is 19.5. The maximum atomic E-state index is 13.8. The number of carbonyl (C=O) groups is 2. The van der Waals surface area contributed by atoms with Crippen LogP contribution >= 0.6 is 0 Å². The standard InChI is InChI=1S/C24H25N3O6S/c1-16-12-17(2)23(21(13-16)24(29)26-30)27(14-18-6-4-3-5-7-18)34(31,32)20-10-8-19(9-11-20)33-15-22(25)28/h3-13,30H,14-15H2,1-2H3,(H2,25,28)(H,26,29). The maximum absolute atomic E-state index is 13.8. The van der Waals surface area contributed by atoms with Crippen LogP contribution in [0.4, 0.5) is 5.69 Å². The molecule has 3 aromatic carbocycles. The van der Waals surface area contributed by atoms with Crippen LogP contribution in [0.2, 0.25) is 0 Å². The summed E-state index contributed by atoms with van der Waals surface area (Å²) in [5.74, 6) is -1.21. The molecule has 0 radical (unpaired) electrons. The van der Waals surface area contributed by atoms with Gasteiger partial charge in [-0.25, -0.2) is 13.9 Å². The average Bonchev–Trinajstić information content (AvgIpc) is 2.81. The van der Waals surface area contributed by atoms with Crippen LogP contribution in [0.25, 0.3) is 0 Å². The SMILES string of the molecule is Cc1cc(C)c(N(Cc2ccccc2)S(=O)(=O)c2ccc(OCC(N)=O)cc2)c(C(=O)NO)c1. The van der Waals surface area contributed by atoms with Gasteiger partial charge in [-0.1, -0.05) is 36.4 Å². The highest BCUT2D eigenvalue weighted by Crippen LogP contribution is 2.33. The summed E-state index contributed by atoms with van der Waals surface area (Å²) in [7, 11) is -4.18. The Kier molecular flexibility index (Phi) is 7.54. The second-order valence-electron chi connectivity index (χ2n) is 7.64. The van der Waals surface area contributed by atoms with Crippen molar-refractivity contribution in [3.8, 4) is 5.75 Å².